The molecule has 41 heavy (non-hydrogen) atoms. The quantitative estimate of drug-likeness (QED) is 0.223. The van der Waals surface area contributed by atoms with Gasteiger partial charge in [0, 0.05) is 53.1 Å². The van der Waals surface area contributed by atoms with Crippen LogP contribution in [0.2, 0.25) is 0 Å². The van der Waals surface area contributed by atoms with Gasteiger partial charge in [-0.15, -0.1) is 0 Å². The maximum absolute atomic E-state index is 11.3. The van der Waals surface area contributed by atoms with Crippen molar-refractivity contribution in [2.45, 2.75) is 41.5 Å². The smallest absolute Gasteiger partial charge is 0.358 e. The lowest BCUT2D eigenvalue weighted by molar-refractivity contribution is 0.0505. The van der Waals surface area contributed by atoms with Crippen LogP contribution in [0.3, 0.4) is 0 Å². The van der Waals surface area contributed by atoms with Crippen molar-refractivity contribution >= 4 is 35.3 Å². The summed E-state index contributed by atoms with van der Waals surface area (Å²) >= 11 is 0. The zero-order chi connectivity index (χ0) is 31.3. The van der Waals surface area contributed by atoms with Crippen molar-refractivity contribution in [1.29, 1.82) is 0 Å². The summed E-state index contributed by atoms with van der Waals surface area (Å²) in [5, 5.41) is 13.8. The first-order chi connectivity index (χ1) is 19.3. The standard InChI is InChI=1S/2C9H12N2O3.C8H10N2O3/c1-4-14-9(13)7-5-8(6(2)12)11(3)10-7;1-4-14-9(13)8-5-7(6(2)12)10-11(8)3;1-3-13-8(12)7-4-6(5(2)11)9-10-7/h2*5H,4H2,1-3H3;4H,3H2,1-2H3,(H,9,10). The molecule has 0 fully saturated rings. The van der Waals surface area contributed by atoms with E-state index >= 15 is 0 Å². The Bertz CT molecular complexity index is 1400. The monoisotopic (exact) mass is 574 g/mol. The summed E-state index contributed by atoms with van der Waals surface area (Å²) in [7, 11) is 3.21. The molecule has 15 nitrogen and oxygen atoms in total. The summed E-state index contributed by atoms with van der Waals surface area (Å²) in [6.45, 7) is 10.2. The van der Waals surface area contributed by atoms with Gasteiger partial charge in [-0.3, -0.25) is 28.8 Å². The molecule has 3 heterocycles. The summed E-state index contributed by atoms with van der Waals surface area (Å²) in [5.41, 5.74) is 1.57. The number of nitrogens with one attached hydrogen (secondary N) is 1. The molecule has 3 aromatic rings. The third kappa shape index (κ3) is 10.3. The molecule has 1 N–H and O–H groups in total. The maximum atomic E-state index is 11.3. The Morgan fingerprint density at radius 3 is 1.54 bits per heavy atom. The van der Waals surface area contributed by atoms with Crippen LogP contribution in [0.15, 0.2) is 18.2 Å². The van der Waals surface area contributed by atoms with Crippen LogP contribution in [0.5, 0.6) is 0 Å². The van der Waals surface area contributed by atoms with Crippen molar-refractivity contribution in [2.75, 3.05) is 19.8 Å². The highest BCUT2D eigenvalue weighted by molar-refractivity contribution is 5.97. The summed E-state index contributed by atoms with van der Waals surface area (Å²) in [5.74, 6) is -1.95. The number of esters is 3. The Balaban J connectivity index is 0.000000308. The lowest BCUT2D eigenvalue weighted by Gasteiger charge is -1.99. The zero-order valence-electron chi connectivity index (χ0n) is 24.3. The van der Waals surface area contributed by atoms with Gasteiger partial charge in [0.15, 0.2) is 23.0 Å². The topological polar surface area (TPSA) is 194 Å². The molecule has 0 aliphatic carbocycles. The van der Waals surface area contributed by atoms with E-state index in [1.807, 2.05) is 0 Å². The molecule has 3 aromatic heterocycles. The fourth-order valence-corrected chi connectivity index (χ4v) is 2.95. The summed E-state index contributed by atoms with van der Waals surface area (Å²) in [6.07, 6.45) is 0. The van der Waals surface area contributed by atoms with Gasteiger partial charge in [0.25, 0.3) is 0 Å². The Morgan fingerprint density at radius 2 is 1.10 bits per heavy atom. The Morgan fingerprint density at radius 1 is 0.634 bits per heavy atom. The van der Waals surface area contributed by atoms with Crippen LogP contribution in [0.25, 0.3) is 0 Å². The number of hydrogen-bond donors (Lipinski definition) is 1. The number of nitrogens with zero attached hydrogens (tertiary/aromatic N) is 5. The first-order valence-corrected chi connectivity index (χ1v) is 12.4. The lowest BCUT2D eigenvalue weighted by atomic mass is 10.3. The van der Waals surface area contributed by atoms with E-state index in [-0.39, 0.29) is 45.8 Å². The van der Waals surface area contributed by atoms with Crippen LogP contribution in [0.4, 0.5) is 0 Å². The number of aromatic amines is 1. The van der Waals surface area contributed by atoms with Crippen LogP contribution in [0.1, 0.15) is 104 Å². The van der Waals surface area contributed by atoms with E-state index in [0.29, 0.717) is 25.5 Å². The molecule has 0 aromatic carbocycles. The van der Waals surface area contributed by atoms with Gasteiger partial charge < -0.3 is 14.2 Å². The molecule has 0 radical (unpaired) electrons. The summed E-state index contributed by atoms with van der Waals surface area (Å²) in [6, 6.07) is 4.24. The van der Waals surface area contributed by atoms with Gasteiger partial charge >= 0.3 is 17.9 Å². The van der Waals surface area contributed by atoms with E-state index in [1.165, 1.54) is 48.3 Å². The average Bonchev–Trinajstić information content (AvgIpc) is 3.64. The van der Waals surface area contributed by atoms with Crippen LogP contribution < -0.4 is 0 Å². The Kier molecular flexibility index (Phi) is 13.5. The van der Waals surface area contributed by atoms with Crippen LogP contribution >= 0.6 is 0 Å². The second-order valence-corrected chi connectivity index (χ2v) is 8.07. The minimum absolute atomic E-state index is 0.129. The van der Waals surface area contributed by atoms with Crippen molar-refractivity contribution in [3.8, 4) is 0 Å². The highest BCUT2D eigenvalue weighted by atomic mass is 16.5. The minimum Gasteiger partial charge on any atom is -0.461 e. The van der Waals surface area contributed by atoms with E-state index in [0.717, 1.165) is 0 Å². The van der Waals surface area contributed by atoms with E-state index in [2.05, 4.69) is 20.4 Å². The molecule has 0 amide bonds. The molecular formula is C26H34N6O9. The first-order valence-electron chi connectivity index (χ1n) is 12.4. The summed E-state index contributed by atoms with van der Waals surface area (Å²) < 4.78 is 17.0. The number of ether oxygens (including phenoxy) is 3. The third-order valence-electron chi connectivity index (χ3n) is 4.88. The van der Waals surface area contributed by atoms with Gasteiger partial charge in [0.1, 0.15) is 28.5 Å². The SMILES string of the molecule is CCOC(=O)c1cc(C(C)=O)n(C)n1.CCOC(=O)c1cc(C(C)=O)n[nH]1.CCOC(=O)c1cc(C(C)=O)nn1C. The Labute approximate surface area is 236 Å². The number of ketones is 3. The van der Waals surface area contributed by atoms with Gasteiger partial charge in [-0.1, -0.05) is 0 Å². The van der Waals surface area contributed by atoms with E-state index < -0.39 is 17.9 Å². The number of carbonyl (C=O) groups is 6. The molecule has 0 aliphatic heterocycles. The number of Topliss-reactive ketones (excluding diaryl/α,β-unsaturated/α-hetero) is 3. The van der Waals surface area contributed by atoms with Gasteiger partial charge in [-0.2, -0.15) is 15.3 Å². The highest BCUT2D eigenvalue weighted by Gasteiger charge is 2.17. The van der Waals surface area contributed by atoms with Crippen molar-refractivity contribution in [2.24, 2.45) is 14.1 Å². The van der Waals surface area contributed by atoms with Crippen LogP contribution in [-0.4, -0.2) is 84.8 Å². The number of carbonyl (C=O) groups excluding carboxylic acids is 6. The lowest BCUT2D eigenvalue weighted by Crippen LogP contribution is -2.10. The van der Waals surface area contributed by atoms with Gasteiger partial charge in [0.2, 0.25) is 0 Å². The largest absolute Gasteiger partial charge is 0.461 e. The first kappa shape index (κ1) is 34.1. The number of aryl methyl sites for hydroxylation is 2. The minimum atomic E-state index is -0.504. The van der Waals surface area contributed by atoms with Crippen molar-refractivity contribution in [3.63, 3.8) is 0 Å². The number of H-pyrrole nitrogens is 1. The predicted molar refractivity (Wildman–Crippen MR) is 143 cm³/mol. The molecule has 0 bridgehead atoms. The molecule has 0 spiro atoms. The third-order valence-corrected chi connectivity index (χ3v) is 4.88. The molecule has 3 rings (SSSR count). The Hall–Kier alpha value is -4.95. The van der Waals surface area contributed by atoms with Crippen molar-refractivity contribution in [1.82, 2.24) is 29.8 Å². The molecule has 0 aliphatic rings. The van der Waals surface area contributed by atoms with Crippen molar-refractivity contribution < 1.29 is 43.0 Å². The summed E-state index contributed by atoms with van der Waals surface area (Å²) in [4.78, 5) is 66.4. The van der Waals surface area contributed by atoms with Crippen LogP contribution in [-0.2, 0) is 28.3 Å². The fraction of sp³-hybridized carbons (Fsp3) is 0.423. The number of hydrogen-bond acceptors (Lipinski definition) is 12. The molecule has 0 saturated heterocycles. The van der Waals surface area contributed by atoms with Gasteiger partial charge in [0.05, 0.1) is 19.8 Å². The maximum Gasteiger partial charge on any atom is 0.358 e. The normalized spacial score (nSPS) is 9.85. The van der Waals surface area contributed by atoms with E-state index in [1.54, 1.807) is 34.9 Å². The van der Waals surface area contributed by atoms with Gasteiger partial charge in [-0.25, -0.2) is 14.4 Å². The van der Waals surface area contributed by atoms with Gasteiger partial charge in [-0.05, 0) is 20.8 Å². The van der Waals surface area contributed by atoms with Crippen LogP contribution in [0, 0.1) is 0 Å². The van der Waals surface area contributed by atoms with Crippen molar-refractivity contribution in [3.05, 3.63) is 52.4 Å². The molecule has 0 unspecified atom stereocenters. The van der Waals surface area contributed by atoms with E-state index in [9.17, 15) is 28.8 Å². The van der Waals surface area contributed by atoms with E-state index in [4.69, 9.17) is 14.2 Å². The second-order valence-electron chi connectivity index (χ2n) is 8.07. The second kappa shape index (κ2) is 16.2. The number of rotatable bonds is 9. The zero-order valence-corrected chi connectivity index (χ0v) is 24.3. The molecule has 0 saturated carbocycles. The number of aromatic nitrogens is 6. The highest BCUT2D eigenvalue weighted by Crippen LogP contribution is 2.06. The average molecular weight is 575 g/mol. The fourth-order valence-electron chi connectivity index (χ4n) is 2.95. The molecular weight excluding hydrogens is 540 g/mol. The molecule has 0 atom stereocenters. The predicted octanol–water partition coefficient (Wildman–Crippen LogP) is 2.39. The molecule has 222 valence electrons. The molecule has 15 heteroatoms.